The summed E-state index contributed by atoms with van der Waals surface area (Å²) in [5.74, 6) is 1.48. The van der Waals surface area contributed by atoms with Crippen molar-refractivity contribution in [2.45, 2.75) is 13.8 Å². The third-order valence-electron chi connectivity index (χ3n) is 2.15. The van der Waals surface area contributed by atoms with Gasteiger partial charge in [0.25, 0.3) is 0 Å². The number of allylic oxidation sites excluding steroid dienone is 5. The van der Waals surface area contributed by atoms with Crippen LogP contribution in [0, 0.1) is 0 Å². The maximum absolute atomic E-state index is 11.1. The number of ether oxygens (including phenoxy) is 1. The molecule has 0 heterocycles. The lowest BCUT2D eigenvalue weighted by Crippen LogP contribution is -1.93. The van der Waals surface area contributed by atoms with E-state index >= 15 is 0 Å². The number of hydrogen-bond acceptors (Lipinski definition) is 2. The number of hydrogen-bond donors (Lipinski definition) is 0. The molecule has 0 aliphatic rings. The average Bonchev–Trinajstić information content (AvgIpc) is 2.30. The van der Waals surface area contributed by atoms with Crippen LogP contribution < -0.4 is 4.74 Å². The SMILES string of the molecule is C=C/C(=C\C=C(/C)Oc1ccccc1)C(C)=O. The summed E-state index contributed by atoms with van der Waals surface area (Å²) in [7, 11) is 0. The summed E-state index contributed by atoms with van der Waals surface area (Å²) >= 11 is 0. The van der Waals surface area contributed by atoms with Gasteiger partial charge in [-0.05, 0) is 38.1 Å². The fourth-order valence-electron chi connectivity index (χ4n) is 1.24. The zero-order valence-electron chi connectivity index (χ0n) is 10.1. The van der Waals surface area contributed by atoms with Gasteiger partial charge in [-0.25, -0.2) is 0 Å². The van der Waals surface area contributed by atoms with Crippen LogP contribution in [0.4, 0.5) is 0 Å². The predicted octanol–water partition coefficient (Wildman–Crippen LogP) is 3.67. The summed E-state index contributed by atoms with van der Waals surface area (Å²) < 4.78 is 5.56. The van der Waals surface area contributed by atoms with Gasteiger partial charge >= 0.3 is 0 Å². The van der Waals surface area contributed by atoms with Crippen molar-refractivity contribution in [2.24, 2.45) is 0 Å². The van der Waals surface area contributed by atoms with Crippen LogP contribution in [0.5, 0.6) is 5.75 Å². The van der Waals surface area contributed by atoms with Crippen molar-refractivity contribution >= 4 is 5.78 Å². The van der Waals surface area contributed by atoms with Gasteiger partial charge in [0, 0.05) is 5.57 Å². The molecular formula is C15H16O2. The van der Waals surface area contributed by atoms with Gasteiger partial charge in [-0.3, -0.25) is 4.79 Å². The second-order valence-corrected chi connectivity index (χ2v) is 3.57. The zero-order chi connectivity index (χ0) is 12.7. The Morgan fingerprint density at radius 2 is 1.82 bits per heavy atom. The monoisotopic (exact) mass is 228 g/mol. The molecule has 0 amide bonds. The van der Waals surface area contributed by atoms with E-state index in [9.17, 15) is 4.79 Å². The van der Waals surface area contributed by atoms with Crippen molar-refractivity contribution in [1.29, 1.82) is 0 Å². The van der Waals surface area contributed by atoms with Gasteiger partial charge in [-0.15, -0.1) is 0 Å². The number of rotatable bonds is 5. The van der Waals surface area contributed by atoms with E-state index in [2.05, 4.69) is 6.58 Å². The lowest BCUT2D eigenvalue weighted by molar-refractivity contribution is -0.113. The molecule has 0 N–H and O–H groups in total. The Morgan fingerprint density at radius 3 is 2.35 bits per heavy atom. The topological polar surface area (TPSA) is 26.3 Å². The fraction of sp³-hybridized carbons (Fsp3) is 0.133. The highest BCUT2D eigenvalue weighted by Gasteiger charge is 1.97. The lowest BCUT2D eigenvalue weighted by atomic mass is 10.1. The van der Waals surface area contributed by atoms with E-state index in [1.54, 1.807) is 12.2 Å². The van der Waals surface area contributed by atoms with Crippen molar-refractivity contribution in [3.05, 3.63) is 66.5 Å². The standard InChI is InChI=1S/C15H16O2/c1-4-14(13(3)16)11-10-12(2)17-15-8-6-5-7-9-15/h4-11H,1H2,2-3H3/b12-10+,14-11+. The summed E-state index contributed by atoms with van der Waals surface area (Å²) in [5.41, 5.74) is 0.570. The summed E-state index contributed by atoms with van der Waals surface area (Å²) in [6, 6.07) is 9.49. The van der Waals surface area contributed by atoms with Crippen LogP contribution >= 0.6 is 0 Å². The number of Topliss-reactive ketones (excluding diaryl/α,β-unsaturated/α-hetero) is 1. The second kappa shape index (κ2) is 6.48. The summed E-state index contributed by atoms with van der Waals surface area (Å²) in [6.45, 7) is 6.93. The minimum atomic E-state index is -0.0104. The van der Waals surface area contributed by atoms with E-state index < -0.39 is 0 Å². The Labute approximate surface area is 102 Å². The molecule has 0 atom stereocenters. The lowest BCUT2D eigenvalue weighted by Gasteiger charge is -2.04. The number of benzene rings is 1. The molecule has 0 saturated heterocycles. The van der Waals surface area contributed by atoms with E-state index in [1.165, 1.54) is 13.0 Å². The Hall–Kier alpha value is -2.09. The molecule has 0 saturated carbocycles. The third-order valence-corrected chi connectivity index (χ3v) is 2.15. The smallest absolute Gasteiger partial charge is 0.159 e. The van der Waals surface area contributed by atoms with E-state index in [0.717, 1.165) is 11.5 Å². The Balaban J connectivity index is 2.74. The first kappa shape index (κ1) is 13.0. The maximum Gasteiger partial charge on any atom is 0.159 e. The van der Waals surface area contributed by atoms with E-state index in [4.69, 9.17) is 4.74 Å². The van der Waals surface area contributed by atoms with Crippen molar-refractivity contribution in [3.8, 4) is 5.75 Å². The first-order chi connectivity index (χ1) is 8.13. The molecule has 2 heteroatoms. The molecule has 1 aromatic carbocycles. The highest BCUT2D eigenvalue weighted by molar-refractivity contribution is 5.96. The maximum atomic E-state index is 11.1. The molecule has 17 heavy (non-hydrogen) atoms. The van der Waals surface area contributed by atoms with Crippen LogP contribution in [0.3, 0.4) is 0 Å². The van der Waals surface area contributed by atoms with Crippen LogP contribution in [-0.4, -0.2) is 5.78 Å². The number of ketones is 1. The molecule has 0 aliphatic carbocycles. The largest absolute Gasteiger partial charge is 0.462 e. The molecule has 0 unspecified atom stereocenters. The van der Waals surface area contributed by atoms with Crippen LogP contribution in [-0.2, 0) is 4.79 Å². The van der Waals surface area contributed by atoms with Crippen molar-refractivity contribution < 1.29 is 9.53 Å². The molecule has 0 radical (unpaired) electrons. The van der Waals surface area contributed by atoms with Gasteiger partial charge in [0.15, 0.2) is 5.78 Å². The quantitative estimate of drug-likeness (QED) is 0.436. The van der Waals surface area contributed by atoms with Gasteiger partial charge in [0.2, 0.25) is 0 Å². The van der Waals surface area contributed by atoms with Gasteiger partial charge < -0.3 is 4.74 Å². The molecule has 1 aromatic rings. The van der Waals surface area contributed by atoms with Crippen molar-refractivity contribution in [2.75, 3.05) is 0 Å². The molecular weight excluding hydrogens is 212 g/mol. The predicted molar refractivity (Wildman–Crippen MR) is 69.8 cm³/mol. The Kier molecular flexibility index (Phi) is 4.95. The van der Waals surface area contributed by atoms with Crippen LogP contribution in [0.15, 0.2) is 66.5 Å². The van der Waals surface area contributed by atoms with Crippen LogP contribution in [0.2, 0.25) is 0 Å². The van der Waals surface area contributed by atoms with E-state index in [0.29, 0.717) is 5.57 Å². The van der Waals surface area contributed by atoms with Crippen molar-refractivity contribution in [3.63, 3.8) is 0 Å². The summed E-state index contributed by atoms with van der Waals surface area (Å²) in [4.78, 5) is 11.1. The minimum Gasteiger partial charge on any atom is -0.462 e. The third kappa shape index (κ3) is 4.51. The molecule has 0 bridgehead atoms. The van der Waals surface area contributed by atoms with Gasteiger partial charge in [0.1, 0.15) is 11.5 Å². The normalized spacial score (nSPS) is 12.1. The Bertz CT molecular complexity index is 453. The molecule has 0 fully saturated rings. The first-order valence-corrected chi connectivity index (χ1v) is 5.38. The molecule has 2 nitrogen and oxygen atoms in total. The highest BCUT2D eigenvalue weighted by Crippen LogP contribution is 2.12. The molecule has 1 rings (SSSR count). The van der Waals surface area contributed by atoms with Crippen LogP contribution in [0.25, 0.3) is 0 Å². The van der Waals surface area contributed by atoms with E-state index in [1.807, 2.05) is 37.3 Å². The minimum absolute atomic E-state index is 0.0104. The number of para-hydroxylation sites is 1. The van der Waals surface area contributed by atoms with Gasteiger partial charge in [0.05, 0.1) is 0 Å². The van der Waals surface area contributed by atoms with Gasteiger partial charge in [-0.2, -0.15) is 0 Å². The fourth-order valence-corrected chi connectivity index (χ4v) is 1.24. The van der Waals surface area contributed by atoms with Gasteiger partial charge in [-0.1, -0.05) is 30.9 Å². The average molecular weight is 228 g/mol. The highest BCUT2D eigenvalue weighted by atomic mass is 16.5. The Morgan fingerprint density at radius 1 is 1.18 bits per heavy atom. The van der Waals surface area contributed by atoms with E-state index in [-0.39, 0.29) is 5.78 Å². The number of carbonyl (C=O) groups is 1. The van der Waals surface area contributed by atoms with Crippen molar-refractivity contribution in [1.82, 2.24) is 0 Å². The molecule has 0 aromatic heterocycles. The first-order valence-electron chi connectivity index (χ1n) is 5.38. The molecule has 88 valence electrons. The van der Waals surface area contributed by atoms with Crippen LogP contribution in [0.1, 0.15) is 13.8 Å². The summed E-state index contributed by atoms with van der Waals surface area (Å²) in [6.07, 6.45) is 4.99. The second-order valence-electron chi connectivity index (χ2n) is 3.57. The summed E-state index contributed by atoms with van der Waals surface area (Å²) in [5, 5.41) is 0. The number of carbonyl (C=O) groups excluding carboxylic acids is 1. The zero-order valence-corrected chi connectivity index (χ0v) is 10.1. The molecule has 0 spiro atoms. The molecule has 0 aliphatic heterocycles.